The molecule has 17 heteroatoms. The van der Waals surface area contributed by atoms with E-state index in [1.165, 1.54) is 16.7 Å². The molecular weight excluding hydrogens is 584 g/mol. The first-order valence-electron chi connectivity index (χ1n) is 13.4. The molecule has 3 aliphatic heterocycles. The van der Waals surface area contributed by atoms with Gasteiger partial charge in [0.1, 0.15) is 30.1 Å². The molecule has 0 aromatic carbocycles. The molecule has 4 N–H and O–H groups in total. The Bertz CT molecular complexity index is 1610. The summed E-state index contributed by atoms with van der Waals surface area (Å²) in [5.74, 6) is -2.49. The topological polar surface area (TPSA) is 197 Å². The molecule has 0 saturated carbocycles. The van der Waals surface area contributed by atoms with E-state index in [0.717, 1.165) is 48.6 Å². The molecule has 2 fully saturated rings. The molecule has 0 spiro atoms. The molecule has 2 atom stereocenters. The van der Waals surface area contributed by atoms with Crippen LogP contribution in [0.3, 0.4) is 0 Å². The van der Waals surface area contributed by atoms with Gasteiger partial charge >= 0.3 is 5.65 Å². The summed E-state index contributed by atoms with van der Waals surface area (Å²) in [4.78, 5) is 53.5. The third-order valence-electron chi connectivity index (χ3n) is 7.35. The number of carbonyl (C=O) groups excluding carboxylic acids is 3. The van der Waals surface area contributed by atoms with Gasteiger partial charge in [0.15, 0.2) is 5.13 Å². The van der Waals surface area contributed by atoms with Crippen molar-refractivity contribution in [3.63, 3.8) is 0 Å². The number of oxime groups is 1. The minimum atomic E-state index is -1.46. The van der Waals surface area contributed by atoms with Crippen molar-refractivity contribution in [2.24, 2.45) is 5.16 Å². The van der Waals surface area contributed by atoms with E-state index in [1.807, 2.05) is 29.2 Å². The number of aliphatic carboxylic acids is 1. The number of imidazole rings is 1. The zero-order valence-electron chi connectivity index (χ0n) is 22.6. The number of hydrogen-bond donors (Lipinski definition) is 3. The molecule has 2 amide bonds. The maximum absolute atomic E-state index is 13.2. The Balaban J connectivity index is 1.23. The Hall–Kier alpha value is -4.09. The second kappa shape index (κ2) is 11.7. The number of β-lactam (4-membered cyclic amide) rings is 1. The molecule has 3 aliphatic rings. The maximum Gasteiger partial charge on any atom is 0.349 e. The number of fused-ring (bicyclic) bond motifs is 2. The number of hydrogen-bond acceptors (Lipinski definition) is 13. The van der Waals surface area contributed by atoms with Gasteiger partial charge in [-0.15, -0.1) is 11.8 Å². The van der Waals surface area contributed by atoms with Crippen LogP contribution >= 0.6 is 23.3 Å². The monoisotopic (exact) mass is 612 g/mol. The van der Waals surface area contributed by atoms with E-state index in [0.29, 0.717) is 17.4 Å². The van der Waals surface area contributed by atoms with Gasteiger partial charge in [-0.3, -0.25) is 14.5 Å². The fourth-order valence-corrected chi connectivity index (χ4v) is 7.18. The molecule has 0 bridgehead atoms. The summed E-state index contributed by atoms with van der Waals surface area (Å²) in [5, 5.41) is 21.6. The van der Waals surface area contributed by atoms with E-state index in [1.54, 1.807) is 6.92 Å². The smallest absolute Gasteiger partial charge is 0.349 e. The average Bonchev–Trinajstić information content (AvgIpc) is 3.63. The molecule has 0 aliphatic carbocycles. The Morgan fingerprint density at radius 1 is 1.36 bits per heavy atom. The molecular formula is C25H28N10O5S2. The summed E-state index contributed by atoms with van der Waals surface area (Å²) in [6.07, 6.45) is 5.68. The number of piperidine rings is 1. The van der Waals surface area contributed by atoms with E-state index in [4.69, 9.17) is 10.6 Å². The number of pyridine rings is 1. The van der Waals surface area contributed by atoms with Crippen LogP contribution in [-0.2, 0) is 25.8 Å². The van der Waals surface area contributed by atoms with Crippen LogP contribution in [-0.4, -0.2) is 84.2 Å². The zero-order chi connectivity index (χ0) is 29.4. The summed E-state index contributed by atoms with van der Waals surface area (Å²) >= 11 is 2.24. The second-order valence-electron chi connectivity index (χ2n) is 9.89. The summed E-state index contributed by atoms with van der Waals surface area (Å²) in [6, 6.07) is 3.26. The van der Waals surface area contributed by atoms with Crippen LogP contribution in [0.4, 0.5) is 5.13 Å². The van der Waals surface area contributed by atoms with Crippen molar-refractivity contribution < 1.29 is 28.9 Å². The SMILES string of the molecule is CCO/N=C(/C(=O)NC1C(=O)N2C(C(=O)[O-])=C(C[n+]3cccc4c3ncn4C3CCNCC3)CSC12)c1nsc(N)n1. The van der Waals surface area contributed by atoms with Crippen LogP contribution < -0.4 is 26.0 Å². The van der Waals surface area contributed by atoms with Crippen LogP contribution in [0, 0.1) is 0 Å². The molecule has 220 valence electrons. The highest BCUT2D eigenvalue weighted by Crippen LogP contribution is 2.40. The van der Waals surface area contributed by atoms with E-state index in [9.17, 15) is 19.5 Å². The van der Waals surface area contributed by atoms with E-state index >= 15 is 0 Å². The van der Waals surface area contributed by atoms with Crippen LogP contribution in [0.25, 0.3) is 11.2 Å². The number of carboxylic acid groups (broad SMARTS) is 1. The second-order valence-corrected chi connectivity index (χ2v) is 11.8. The number of nitrogens with one attached hydrogen (secondary N) is 2. The predicted molar refractivity (Wildman–Crippen MR) is 151 cm³/mol. The van der Waals surface area contributed by atoms with Gasteiger partial charge in [0.25, 0.3) is 11.8 Å². The minimum absolute atomic E-state index is 0.0326. The number of amides is 2. The molecule has 6 rings (SSSR count). The minimum Gasteiger partial charge on any atom is -0.543 e. The third kappa shape index (κ3) is 5.07. The number of rotatable bonds is 9. The van der Waals surface area contributed by atoms with Gasteiger partial charge in [0, 0.05) is 28.9 Å². The number of thioether (sulfide) groups is 1. The standard InChI is InChI=1S/C25H28N10O5S2/c1-2-40-31-16(19-30-25(26)42-32-19)21(36)29-17-22(37)35-18(24(38)39)13(11-41-23(17)35)10-33-9-3-4-15-20(33)28-12-34(15)14-5-7-27-8-6-14/h3-4,9,12,14,17,23,27H,2,5-8,10-11H2,1H3,(H3-,26,29,30,32,36,38,39)/b31-16+. The molecule has 2 saturated heterocycles. The number of carbonyl (C=O) groups is 3. The molecule has 3 aromatic rings. The number of carboxylic acids is 1. The lowest BCUT2D eigenvalue weighted by atomic mass is 10.0. The van der Waals surface area contributed by atoms with Crippen molar-refractivity contribution >= 4 is 63.1 Å². The van der Waals surface area contributed by atoms with Crippen LogP contribution in [0.5, 0.6) is 0 Å². The highest BCUT2D eigenvalue weighted by atomic mass is 32.2. The fraction of sp³-hybridized carbons (Fsp3) is 0.440. The largest absolute Gasteiger partial charge is 0.543 e. The summed E-state index contributed by atoms with van der Waals surface area (Å²) in [5.41, 5.74) is 7.44. The van der Waals surface area contributed by atoms with Gasteiger partial charge < -0.3 is 35.7 Å². The maximum atomic E-state index is 13.2. The van der Waals surface area contributed by atoms with Crippen molar-refractivity contribution in [2.75, 3.05) is 31.2 Å². The number of nitrogens with zero attached hydrogens (tertiary/aromatic N) is 7. The average molecular weight is 613 g/mol. The quantitative estimate of drug-likeness (QED) is 0.110. The number of anilines is 1. The van der Waals surface area contributed by atoms with Crippen molar-refractivity contribution in [2.45, 2.75) is 43.8 Å². The normalized spacial score (nSPS) is 21.3. The molecule has 0 radical (unpaired) electrons. The molecule has 2 unspecified atom stereocenters. The summed E-state index contributed by atoms with van der Waals surface area (Å²) < 4.78 is 8.07. The highest BCUT2D eigenvalue weighted by molar-refractivity contribution is 8.00. The first kappa shape index (κ1) is 28.0. The Morgan fingerprint density at radius 3 is 2.88 bits per heavy atom. The highest BCUT2D eigenvalue weighted by Gasteiger charge is 2.53. The molecule has 15 nitrogen and oxygen atoms in total. The zero-order valence-corrected chi connectivity index (χ0v) is 24.2. The van der Waals surface area contributed by atoms with Gasteiger partial charge in [-0.05, 0) is 50.0 Å². The molecule has 3 aromatic heterocycles. The Morgan fingerprint density at radius 2 is 2.17 bits per heavy atom. The van der Waals surface area contributed by atoms with Crippen LogP contribution in [0.1, 0.15) is 31.6 Å². The summed E-state index contributed by atoms with van der Waals surface area (Å²) in [7, 11) is 0. The van der Waals surface area contributed by atoms with Gasteiger partial charge in [-0.1, -0.05) is 5.16 Å². The van der Waals surface area contributed by atoms with Gasteiger partial charge in [-0.25, -0.2) is 4.57 Å². The van der Waals surface area contributed by atoms with E-state index in [-0.39, 0.29) is 35.5 Å². The predicted octanol–water partition coefficient (Wildman–Crippen LogP) is -1.47. The van der Waals surface area contributed by atoms with E-state index < -0.39 is 29.2 Å². The molecule has 42 heavy (non-hydrogen) atoms. The third-order valence-corrected chi connectivity index (χ3v) is 9.23. The number of nitrogens with two attached hydrogens (primary N) is 1. The number of aromatic nitrogens is 5. The van der Waals surface area contributed by atoms with Crippen LogP contribution in [0.15, 0.2) is 41.1 Å². The van der Waals surface area contributed by atoms with Crippen molar-refractivity contribution in [3.05, 3.63) is 41.8 Å². The first-order chi connectivity index (χ1) is 20.4. The van der Waals surface area contributed by atoms with E-state index in [2.05, 4.69) is 34.7 Å². The van der Waals surface area contributed by atoms with Gasteiger partial charge in [0.2, 0.25) is 17.9 Å². The van der Waals surface area contributed by atoms with Crippen molar-refractivity contribution in [3.8, 4) is 0 Å². The van der Waals surface area contributed by atoms with Crippen molar-refractivity contribution in [1.82, 2.24) is 34.4 Å². The fourth-order valence-electron chi connectivity index (χ4n) is 5.41. The summed E-state index contributed by atoms with van der Waals surface area (Å²) in [6.45, 7) is 3.99. The lowest BCUT2D eigenvalue weighted by Crippen LogP contribution is -2.71. The van der Waals surface area contributed by atoms with Gasteiger partial charge in [-0.2, -0.15) is 9.36 Å². The Labute approximate surface area is 248 Å². The molecule has 6 heterocycles. The van der Waals surface area contributed by atoms with Gasteiger partial charge in [0.05, 0.1) is 17.9 Å². The first-order valence-corrected chi connectivity index (χ1v) is 15.2. The van der Waals surface area contributed by atoms with Crippen LogP contribution in [0.2, 0.25) is 0 Å². The lowest BCUT2D eigenvalue weighted by molar-refractivity contribution is -0.664. The Kier molecular flexibility index (Phi) is 7.78. The lowest BCUT2D eigenvalue weighted by Gasteiger charge is -2.50. The van der Waals surface area contributed by atoms with Crippen molar-refractivity contribution in [1.29, 1.82) is 0 Å². The number of nitrogen functional groups attached to an aromatic ring is 1.